The van der Waals surface area contributed by atoms with Gasteiger partial charge >= 0.3 is 6.03 Å². The highest BCUT2D eigenvalue weighted by molar-refractivity contribution is 6.23. The third-order valence-electron chi connectivity index (χ3n) is 3.61. The first-order chi connectivity index (χ1) is 10.9. The number of pyridine rings is 1. The van der Waals surface area contributed by atoms with Crippen LogP contribution in [0, 0.1) is 11.6 Å². The second-order valence-corrected chi connectivity index (χ2v) is 4.91. The Bertz CT molecular complexity index is 792. The minimum absolute atomic E-state index is 0.158. The van der Waals surface area contributed by atoms with Gasteiger partial charge in [0.15, 0.2) is 5.82 Å². The number of urea groups is 1. The molecule has 0 unspecified atom stereocenters. The van der Waals surface area contributed by atoms with Gasteiger partial charge in [-0.15, -0.1) is 0 Å². The van der Waals surface area contributed by atoms with Crippen molar-refractivity contribution in [2.24, 2.45) is 0 Å². The lowest BCUT2D eigenvalue weighted by atomic mass is 10.1. The molecule has 8 heteroatoms. The van der Waals surface area contributed by atoms with Crippen LogP contribution in [0.3, 0.4) is 0 Å². The number of carbonyl (C=O) groups is 2. The summed E-state index contributed by atoms with van der Waals surface area (Å²) in [6, 6.07) is 5.36. The molecule has 6 nitrogen and oxygen atoms in total. The summed E-state index contributed by atoms with van der Waals surface area (Å²) in [6.07, 6.45) is 1.49. The molecule has 0 bridgehead atoms. The van der Waals surface area contributed by atoms with Crippen molar-refractivity contribution in [2.45, 2.75) is 0 Å². The fraction of sp³-hybridized carbons (Fsp3) is 0.133. The maximum atomic E-state index is 13.9. The molecular weight excluding hydrogens is 306 g/mol. The van der Waals surface area contributed by atoms with Crippen LogP contribution in [0.4, 0.5) is 25.1 Å². The van der Waals surface area contributed by atoms with Crippen molar-refractivity contribution in [3.63, 3.8) is 0 Å². The molecule has 2 aromatic rings. The van der Waals surface area contributed by atoms with Crippen molar-refractivity contribution in [3.8, 4) is 0 Å². The molecule has 23 heavy (non-hydrogen) atoms. The summed E-state index contributed by atoms with van der Waals surface area (Å²) >= 11 is 0. The standard InChI is InChI=1S/C15H12F2N4O2/c1-19-13-11(7-4-8-18-13)21(15(23)20(19)2)14(22)12-9(16)5-3-6-10(12)17/h3-8H,1-2H3. The number of aromatic nitrogens is 1. The third-order valence-corrected chi connectivity index (χ3v) is 3.61. The number of hydrogen-bond donors (Lipinski definition) is 0. The van der Waals surface area contributed by atoms with E-state index in [0.717, 1.165) is 23.2 Å². The van der Waals surface area contributed by atoms with Crippen molar-refractivity contribution >= 4 is 23.4 Å². The van der Waals surface area contributed by atoms with Gasteiger partial charge in [-0.1, -0.05) is 6.07 Å². The number of hydrazine groups is 1. The Morgan fingerprint density at radius 1 is 1.04 bits per heavy atom. The molecular formula is C15H12F2N4O2. The van der Waals surface area contributed by atoms with Crippen LogP contribution < -0.4 is 9.91 Å². The van der Waals surface area contributed by atoms with Crippen LogP contribution in [0.5, 0.6) is 0 Å². The van der Waals surface area contributed by atoms with Crippen molar-refractivity contribution in [1.82, 2.24) is 9.99 Å². The Hall–Kier alpha value is -3.03. The molecule has 0 spiro atoms. The first kappa shape index (κ1) is 14.9. The van der Waals surface area contributed by atoms with E-state index in [1.54, 1.807) is 7.05 Å². The van der Waals surface area contributed by atoms with E-state index in [1.165, 1.54) is 30.4 Å². The summed E-state index contributed by atoms with van der Waals surface area (Å²) in [7, 11) is 3.02. The van der Waals surface area contributed by atoms with Crippen LogP contribution >= 0.6 is 0 Å². The first-order valence-corrected chi connectivity index (χ1v) is 6.68. The number of benzene rings is 1. The average molecular weight is 318 g/mol. The molecule has 0 N–H and O–H groups in total. The lowest BCUT2D eigenvalue weighted by Crippen LogP contribution is -2.55. The zero-order valence-electron chi connectivity index (χ0n) is 12.3. The summed E-state index contributed by atoms with van der Waals surface area (Å²) < 4.78 is 27.8. The summed E-state index contributed by atoms with van der Waals surface area (Å²) in [6.45, 7) is 0. The quantitative estimate of drug-likeness (QED) is 0.810. The van der Waals surface area contributed by atoms with Crippen molar-refractivity contribution in [3.05, 3.63) is 53.7 Å². The van der Waals surface area contributed by atoms with Gasteiger partial charge in [0.25, 0.3) is 5.91 Å². The molecule has 0 saturated carbocycles. The zero-order valence-corrected chi connectivity index (χ0v) is 12.3. The minimum atomic E-state index is -1.08. The van der Waals surface area contributed by atoms with E-state index < -0.39 is 29.1 Å². The van der Waals surface area contributed by atoms with Crippen LogP contribution in [0.25, 0.3) is 0 Å². The number of carbonyl (C=O) groups excluding carboxylic acids is 2. The highest BCUT2D eigenvalue weighted by Gasteiger charge is 2.38. The van der Waals surface area contributed by atoms with Crippen LogP contribution in [0.2, 0.25) is 0 Å². The zero-order chi connectivity index (χ0) is 16.7. The smallest absolute Gasteiger partial charge is 0.268 e. The number of fused-ring (bicyclic) bond motifs is 1. The molecule has 0 fully saturated rings. The first-order valence-electron chi connectivity index (χ1n) is 6.68. The van der Waals surface area contributed by atoms with Crippen LogP contribution in [-0.2, 0) is 0 Å². The fourth-order valence-electron chi connectivity index (χ4n) is 2.34. The molecule has 0 aliphatic carbocycles. The van der Waals surface area contributed by atoms with Gasteiger partial charge in [-0.25, -0.2) is 28.5 Å². The number of imide groups is 1. The van der Waals surface area contributed by atoms with Crippen LogP contribution in [-0.4, -0.2) is 36.0 Å². The topological polar surface area (TPSA) is 56.8 Å². The number of anilines is 2. The van der Waals surface area contributed by atoms with Gasteiger partial charge in [-0.05, 0) is 24.3 Å². The molecule has 3 rings (SSSR count). The largest absolute Gasteiger partial charge is 0.350 e. The SMILES string of the molecule is CN1C(=O)N(C(=O)c2c(F)cccc2F)c2cccnc2N1C. The molecule has 1 aliphatic rings. The maximum Gasteiger partial charge on any atom is 0.350 e. The molecule has 0 radical (unpaired) electrons. The Labute approximate surface area is 130 Å². The van der Waals surface area contributed by atoms with Gasteiger partial charge in [0.1, 0.15) is 17.2 Å². The Morgan fingerprint density at radius 2 is 1.70 bits per heavy atom. The molecule has 118 valence electrons. The summed E-state index contributed by atoms with van der Waals surface area (Å²) in [4.78, 5) is 29.9. The lowest BCUT2D eigenvalue weighted by Gasteiger charge is -2.39. The van der Waals surface area contributed by atoms with Gasteiger partial charge in [-0.2, -0.15) is 0 Å². The van der Waals surface area contributed by atoms with Gasteiger partial charge in [0, 0.05) is 20.3 Å². The van der Waals surface area contributed by atoms with E-state index in [1.807, 2.05) is 0 Å². The highest BCUT2D eigenvalue weighted by atomic mass is 19.1. The predicted molar refractivity (Wildman–Crippen MR) is 79.0 cm³/mol. The maximum absolute atomic E-state index is 13.9. The monoisotopic (exact) mass is 318 g/mol. The molecule has 0 saturated heterocycles. The van der Waals surface area contributed by atoms with E-state index >= 15 is 0 Å². The Morgan fingerprint density at radius 3 is 2.35 bits per heavy atom. The van der Waals surface area contributed by atoms with E-state index in [-0.39, 0.29) is 5.69 Å². The highest BCUT2D eigenvalue weighted by Crippen LogP contribution is 2.33. The van der Waals surface area contributed by atoms with E-state index in [4.69, 9.17) is 0 Å². The second kappa shape index (κ2) is 5.31. The summed E-state index contributed by atoms with van der Waals surface area (Å²) in [5, 5.41) is 2.57. The Kier molecular flexibility index (Phi) is 3.44. The van der Waals surface area contributed by atoms with Gasteiger partial charge < -0.3 is 0 Å². The number of halogens is 2. The predicted octanol–water partition coefficient (Wildman–Crippen LogP) is 2.42. The van der Waals surface area contributed by atoms with Gasteiger partial charge in [-0.3, -0.25) is 9.80 Å². The van der Waals surface area contributed by atoms with E-state index in [9.17, 15) is 18.4 Å². The van der Waals surface area contributed by atoms with Crippen LogP contribution in [0.15, 0.2) is 36.5 Å². The summed E-state index contributed by atoms with van der Waals surface area (Å²) in [5.74, 6) is -2.83. The number of hydrogen-bond acceptors (Lipinski definition) is 4. The molecule has 1 aromatic heterocycles. The normalized spacial score (nSPS) is 14.1. The van der Waals surface area contributed by atoms with E-state index in [0.29, 0.717) is 10.7 Å². The molecule has 1 aliphatic heterocycles. The lowest BCUT2D eigenvalue weighted by molar-refractivity contribution is 0.0976. The van der Waals surface area contributed by atoms with Crippen molar-refractivity contribution in [2.75, 3.05) is 24.0 Å². The van der Waals surface area contributed by atoms with Gasteiger partial charge in [0.05, 0.1) is 5.69 Å². The third kappa shape index (κ3) is 2.19. The minimum Gasteiger partial charge on any atom is -0.268 e. The average Bonchev–Trinajstić information content (AvgIpc) is 2.53. The van der Waals surface area contributed by atoms with Gasteiger partial charge in [0.2, 0.25) is 0 Å². The van der Waals surface area contributed by atoms with Crippen molar-refractivity contribution < 1.29 is 18.4 Å². The molecule has 0 atom stereocenters. The summed E-state index contributed by atoms with van der Waals surface area (Å²) in [5.41, 5.74) is -0.626. The molecule has 2 heterocycles. The molecule has 3 amide bonds. The number of rotatable bonds is 1. The second-order valence-electron chi connectivity index (χ2n) is 4.91. The Balaban J connectivity index is 2.17. The molecule has 1 aromatic carbocycles. The number of amides is 3. The number of nitrogens with zero attached hydrogens (tertiary/aromatic N) is 4. The van der Waals surface area contributed by atoms with Crippen molar-refractivity contribution in [1.29, 1.82) is 0 Å². The van der Waals surface area contributed by atoms with E-state index in [2.05, 4.69) is 4.98 Å². The van der Waals surface area contributed by atoms with Crippen LogP contribution in [0.1, 0.15) is 10.4 Å². The fourth-order valence-corrected chi connectivity index (χ4v) is 2.34.